The minimum absolute atomic E-state index is 0.0928. The molecule has 2 aromatic rings. The van der Waals surface area contributed by atoms with Crippen LogP contribution in [-0.2, 0) is 0 Å². The molecule has 0 aliphatic carbocycles. The van der Waals surface area contributed by atoms with Gasteiger partial charge in [0.15, 0.2) is 11.6 Å². The van der Waals surface area contributed by atoms with Crippen LogP contribution in [0.15, 0.2) is 30.3 Å². The van der Waals surface area contributed by atoms with Crippen LogP contribution in [0.1, 0.15) is 30.1 Å². The van der Waals surface area contributed by atoms with E-state index in [2.05, 4.69) is 26.9 Å². The van der Waals surface area contributed by atoms with Crippen LogP contribution >= 0.6 is 11.6 Å². The van der Waals surface area contributed by atoms with Crippen molar-refractivity contribution in [3.63, 3.8) is 0 Å². The van der Waals surface area contributed by atoms with Gasteiger partial charge >= 0.3 is 0 Å². The van der Waals surface area contributed by atoms with Gasteiger partial charge in [0.2, 0.25) is 0 Å². The summed E-state index contributed by atoms with van der Waals surface area (Å²) in [5.41, 5.74) is 0.146. The minimum Gasteiger partial charge on any atom is -0.355 e. The molecule has 1 amide bonds. The van der Waals surface area contributed by atoms with Gasteiger partial charge in [-0.3, -0.25) is 14.9 Å². The molecule has 2 aliphatic rings. The molecule has 9 nitrogen and oxygen atoms in total. The standard InChI is InChI=1S/C21H25ClN6O3/c1-15-6-8-25(9-7-15)19-4-5-20(24-23-19)26-10-12-27(13-11-26)21(29)17-3-2-16(28(30)31)14-18(17)22/h2-5,14-15H,6-13H2,1H3. The van der Waals surface area contributed by atoms with Gasteiger partial charge in [0.05, 0.1) is 15.5 Å². The van der Waals surface area contributed by atoms with Crippen LogP contribution in [0.25, 0.3) is 0 Å². The first-order valence-electron chi connectivity index (χ1n) is 10.5. The molecule has 164 valence electrons. The number of benzene rings is 1. The SMILES string of the molecule is CC1CCN(c2ccc(N3CCN(C(=O)c4ccc([N+](=O)[O-])cc4Cl)CC3)nn2)CC1. The van der Waals surface area contributed by atoms with Gasteiger partial charge in [-0.1, -0.05) is 18.5 Å². The fraction of sp³-hybridized carbons (Fsp3) is 0.476. The monoisotopic (exact) mass is 444 g/mol. The van der Waals surface area contributed by atoms with E-state index in [4.69, 9.17) is 11.6 Å². The van der Waals surface area contributed by atoms with E-state index in [9.17, 15) is 14.9 Å². The first kappa shape index (κ1) is 21.3. The maximum Gasteiger partial charge on any atom is 0.270 e. The third-order valence-corrected chi connectivity index (χ3v) is 6.34. The molecule has 4 rings (SSSR count). The van der Waals surface area contributed by atoms with Gasteiger partial charge in [0.25, 0.3) is 11.6 Å². The lowest BCUT2D eigenvalue weighted by Gasteiger charge is -2.35. The van der Waals surface area contributed by atoms with E-state index < -0.39 is 4.92 Å². The average Bonchev–Trinajstić information content (AvgIpc) is 2.79. The zero-order chi connectivity index (χ0) is 22.0. The number of aromatic nitrogens is 2. The van der Waals surface area contributed by atoms with Crippen LogP contribution < -0.4 is 9.80 Å². The van der Waals surface area contributed by atoms with Crippen LogP contribution in [0, 0.1) is 16.0 Å². The van der Waals surface area contributed by atoms with Crippen molar-refractivity contribution in [3.05, 3.63) is 51.0 Å². The van der Waals surface area contributed by atoms with E-state index in [1.165, 1.54) is 31.0 Å². The molecule has 1 aromatic carbocycles. The Morgan fingerprint density at radius 2 is 1.58 bits per heavy atom. The maximum absolute atomic E-state index is 12.8. The molecular weight excluding hydrogens is 420 g/mol. The van der Waals surface area contributed by atoms with Crippen molar-refractivity contribution in [2.24, 2.45) is 5.92 Å². The molecule has 0 saturated carbocycles. The summed E-state index contributed by atoms with van der Waals surface area (Å²) in [5.74, 6) is 2.26. The van der Waals surface area contributed by atoms with E-state index in [0.717, 1.165) is 30.6 Å². The summed E-state index contributed by atoms with van der Waals surface area (Å²) in [6.45, 7) is 6.60. The maximum atomic E-state index is 12.8. The van der Waals surface area contributed by atoms with Gasteiger partial charge in [0, 0.05) is 51.4 Å². The van der Waals surface area contributed by atoms with Gasteiger partial charge < -0.3 is 14.7 Å². The van der Waals surface area contributed by atoms with Crippen LogP contribution in [0.4, 0.5) is 17.3 Å². The number of hydrogen-bond acceptors (Lipinski definition) is 7. The number of nitro groups is 1. The van der Waals surface area contributed by atoms with Gasteiger partial charge in [-0.15, -0.1) is 10.2 Å². The lowest BCUT2D eigenvalue weighted by Crippen LogP contribution is -2.49. The quantitative estimate of drug-likeness (QED) is 0.527. The average molecular weight is 445 g/mol. The Morgan fingerprint density at radius 1 is 1.00 bits per heavy atom. The number of nitro benzene ring substituents is 1. The van der Waals surface area contributed by atoms with E-state index in [0.29, 0.717) is 26.2 Å². The van der Waals surface area contributed by atoms with Crippen molar-refractivity contribution in [2.45, 2.75) is 19.8 Å². The molecule has 0 N–H and O–H groups in total. The molecule has 2 aliphatic heterocycles. The highest BCUT2D eigenvalue weighted by atomic mass is 35.5. The van der Waals surface area contributed by atoms with Crippen molar-refractivity contribution in [3.8, 4) is 0 Å². The molecule has 0 spiro atoms. The van der Waals surface area contributed by atoms with Crippen molar-refractivity contribution >= 4 is 34.8 Å². The number of anilines is 2. The lowest BCUT2D eigenvalue weighted by molar-refractivity contribution is -0.384. The molecule has 0 atom stereocenters. The number of carbonyl (C=O) groups is 1. The zero-order valence-corrected chi connectivity index (χ0v) is 18.2. The summed E-state index contributed by atoms with van der Waals surface area (Å²) in [4.78, 5) is 29.2. The first-order valence-corrected chi connectivity index (χ1v) is 10.9. The van der Waals surface area contributed by atoms with Crippen molar-refractivity contribution in [1.82, 2.24) is 15.1 Å². The Morgan fingerprint density at radius 3 is 2.10 bits per heavy atom. The number of hydrogen-bond donors (Lipinski definition) is 0. The molecule has 0 bridgehead atoms. The first-order chi connectivity index (χ1) is 14.9. The largest absolute Gasteiger partial charge is 0.355 e. The molecular formula is C21H25ClN6O3. The van der Waals surface area contributed by atoms with E-state index in [1.807, 2.05) is 12.1 Å². The summed E-state index contributed by atoms with van der Waals surface area (Å²) in [7, 11) is 0. The number of piperidine rings is 1. The van der Waals surface area contributed by atoms with E-state index in [1.54, 1.807) is 4.90 Å². The number of amides is 1. The molecule has 0 radical (unpaired) electrons. The molecule has 10 heteroatoms. The third-order valence-electron chi connectivity index (χ3n) is 6.03. The van der Waals surface area contributed by atoms with Gasteiger partial charge in [-0.25, -0.2) is 0 Å². The van der Waals surface area contributed by atoms with E-state index in [-0.39, 0.29) is 22.2 Å². The van der Waals surface area contributed by atoms with Crippen LogP contribution in [-0.4, -0.2) is 65.2 Å². The topological polar surface area (TPSA) is 95.7 Å². The lowest BCUT2D eigenvalue weighted by atomic mass is 9.99. The summed E-state index contributed by atoms with van der Waals surface area (Å²) in [6, 6.07) is 7.94. The van der Waals surface area contributed by atoms with Crippen molar-refractivity contribution < 1.29 is 9.72 Å². The summed E-state index contributed by atoms with van der Waals surface area (Å²) < 4.78 is 0. The summed E-state index contributed by atoms with van der Waals surface area (Å²) in [5, 5.41) is 19.8. The van der Waals surface area contributed by atoms with Crippen LogP contribution in [0.5, 0.6) is 0 Å². The minimum atomic E-state index is -0.531. The van der Waals surface area contributed by atoms with Crippen molar-refractivity contribution in [2.75, 3.05) is 49.1 Å². The highest BCUT2D eigenvalue weighted by Crippen LogP contribution is 2.25. The predicted molar refractivity (Wildman–Crippen MR) is 119 cm³/mol. The normalized spacial score (nSPS) is 17.7. The van der Waals surface area contributed by atoms with Crippen molar-refractivity contribution in [1.29, 1.82) is 0 Å². The number of carbonyl (C=O) groups excluding carboxylic acids is 1. The van der Waals surface area contributed by atoms with Crippen LogP contribution in [0.2, 0.25) is 5.02 Å². The van der Waals surface area contributed by atoms with E-state index >= 15 is 0 Å². The summed E-state index contributed by atoms with van der Waals surface area (Å²) in [6.07, 6.45) is 2.36. The third kappa shape index (κ3) is 4.71. The van der Waals surface area contributed by atoms with Gasteiger partial charge in [-0.05, 0) is 37.0 Å². The molecule has 3 heterocycles. The second-order valence-corrected chi connectivity index (χ2v) is 8.53. The predicted octanol–water partition coefficient (Wildman–Crippen LogP) is 3.24. The number of nitrogens with zero attached hydrogens (tertiary/aromatic N) is 6. The highest BCUT2D eigenvalue weighted by molar-refractivity contribution is 6.34. The van der Waals surface area contributed by atoms with Gasteiger partial charge in [-0.2, -0.15) is 0 Å². The number of piperazine rings is 1. The van der Waals surface area contributed by atoms with Gasteiger partial charge in [0.1, 0.15) is 0 Å². The molecule has 0 unspecified atom stereocenters. The Labute approximate surface area is 185 Å². The fourth-order valence-corrected chi connectivity index (χ4v) is 4.25. The zero-order valence-electron chi connectivity index (χ0n) is 17.4. The van der Waals surface area contributed by atoms with Crippen LogP contribution in [0.3, 0.4) is 0 Å². The Balaban J connectivity index is 1.35. The number of rotatable bonds is 4. The smallest absolute Gasteiger partial charge is 0.270 e. The number of halogens is 1. The number of non-ortho nitro benzene ring substituents is 1. The Hall–Kier alpha value is -2.94. The molecule has 2 saturated heterocycles. The molecule has 2 fully saturated rings. The molecule has 1 aromatic heterocycles. The Bertz CT molecular complexity index is 954. The second kappa shape index (κ2) is 9.05. The fourth-order valence-electron chi connectivity index (χ4n) is 3.99. The Kier molecular flexibility index (Phi) is 6.22. The second-order valence-electron chi connectivity index (χ2n) is 8.12. The molecule has 31 heavy (non-hydrogen) atoms. The highest BCUT2D eigenvalue weighted by Gasteiger charge is 2.25. The summed E-state index contributed by atoms with van der Waals surface area (Å²) >= 11 is 6.11.